The number of carbonyl (C=O) groups excluding carboxylic acids is 2. The molecular weight excluding hydrogens is 339 g/mol. The Kier molecular flexibility index (Phi) is 5.73. The summed E-state index contributed by atoms with van der Waals surface area (Å²) in [4.78, 5) is 23.2. The van der Waals surface area contributed by atoms with Crippen LogP contribution in [0.25, 0.3) is 0 Å². The second kappa shape index (κ2) is 7.76. The van der Waals surface area contributed by atoms with Crippen molar-refractivity contribution in [3.8, 4) is 0 Å². The Hall–Kier alpha value is -2.37. The van der Waals surface area contributed by atoms with Crippen LogP contribution in [0, 0.1) is 0 Å². The number of methoxy groups -OCH3 is 1. The molecule has 0 fully saturated rings. The number of nitrogens with one attached hydrogen (secondary N) is 1. The van der Waals surface area contributed by atoms with Crippen molar-refractivity contribution in [2.24, 2.45) is 5.10 Å². The van der Waals surface area contributed by atoms with Gasteiger partial charge in [-0.1, -0.05) is 35.3 Å². The van der Waals surface area contributed by atoms with Gasteiger partial charge in [-0.25, -0.2) is 10.2 Å². The normalized spacial score (nSPS) is 10.6. The van der Waals surface area contributed by atoms with E-state index in [1.807, 2.05) is 0 Å². The van der Waals surface area contributed by atoms with Crippen molar-refractivity contribution in [2.45, 2.75) is 0 Å². The molecule has 118 valence electrons. The van der Waals surface area contributed by atoms with E-state index in [9.17, 15) is 9.59 Å². The number of hydrogen-bond donors (Lipinski definition) is 1. The molecule has 1 amide bonds. The van der Waals surface area contributed by atoms with Gasteiger partial charge in [-0.05, 0) is 35.9 Å². The summed E-state index contributed by atoms with van der Waals surface area (Å²) in [5.41, 5.74) is 3.87. The van der Waals surface area contributed by atoms with Crippen molar-refractivity contribution < 1.29 is 14.3 Å². The first-order chi connectivity index (χ1) is 11.0. The predicted octanol–water partition coefficient (Wildman–Crippen LogP) is 3.54. The molecule has 2 aromatic rings. The molecule has 23 heavy (non-hydrogen) atoms. The zero-order valence-electron chi connectivity index (χ0n) is 12.0. The lowest BCUT2D eigenvalue weighted by Gasteiger charge is -2.02. The molecule has 0 spiro atoms. The second-order valence-electron chi connectivity index (χ2n) is 4.44. The molecule has 0 unspecified atom stereocenters. The Bertz CT molecular complexity index is 758. The molecule has 2 rings (SSSR count). The van der Waals surface area contributed by atoms with Gasteiger partial charge < -0.3 is 4.74 Å². The summed E-state index contributed by atoms with van der Waals surface area (Å²) >= 11 is 11.6. The molecule has 0 saturated heterocycles. The van der Waals surface area contributed by atoms with E-state index in [1.54, 1.807) is 30.3 Å². The van der Waals surface area contributed by atoms with Gasteiger partial charge in [0.05, 0.1) is 28.9 Å². The van der Waals surface area contributed by atoms with Gasteiger partial charge in [0.2, 0.25) is 0 Å². The molecule has 0 saturated carbocycles. The predicted molar refractivity (Wildman–Crippen MR) is 89.3 cm³/mol. The Balaban J connectivity index is 1.99. The topological polar surface area (TPSA) is 67.8 Å². The molecule has 7 heteroatoms. The molecule has 0 bridgehead atoms. The number of benzene rings is 2. The molecule has 0 heterocycles. The maximum Gasteiger partial charge on any atom is 0.337 e. The largest absolute Gasteiger partial charge is 0.465 e. The SMILES string of the molecule is COC(=O)c1ccc(/C=N/NC(=O)c2ccc(Cl)c(Cl)c2)cc1. The number of carbonyl (C=O) groups is 2. The molecule has 1 N–H and O–H groups in total. The zero-order chi connectivity index (χ0) is 16.8. The third-order valence-corrected chi connectivity index (χ3v) is 3.63. The molecule has 5 nitrogen and oxygen atoms in total. The first-order valence-electron chi connectivity index (χ1n) is 6.48. The van der Waals surface area contributed by atoms with E-state index in [0.717, 1.165) is 0 Å². The molecule has 0 radical (unpaired) electrons. The number of hydrazone groups is 1. The van der Waals surface area contributed by atoms with Gasteiger partial charge in [0.15, 0.2) is 0 Å². The number of nitrogens with zero attached hydrogens (tertiary/aromatic N) is 1. The fourth-order valence-corrected chi connectivity index (χ4v) is 1.99. The number of hydrogen-bond acceptors (Lipinski definition) is 4. The quantitative estimate of drug-likeness (QED) is 0.520. The van der Waals surface area contributed by atoms with Crippen molar-refractivity contribution in [3.63, 3.8) is 0 Å². The highest BCUT2D eigenvalue weighted by atomic mass is 35.5. The molecule has 0 aliphatic carbocycles. The Labute approximate surface area is 142 Å². The summed E-state index contributed by atoms with van der Waals surface area (Å²) in [6.45, 7) is 0. The zero-order valence-corrected chi connectivity index (χ0v) is 13.6. The van der Waals surface area contributed by atoms with Crippen molar-refractivity contribution in [1.29, 1.82) is 0 Å². The summed E-state index contributed by atoms with van der Waals surface area (Å²) < 4.78 is 4.61. The van der Waals surface area contributed by atoms with E-state index in [0.29, 0.717) is 26.7 Å². The van der Waals surface area contributed by atoms with E-state index in [-0.39, 0.29) is 0 Å². The first kappa shape index (κ1) is 17.0. The lowest BCUT2D eigenvalue weighted by molar-refractivity contribution is 0.0600. The third kappa shape index (κ3) is 4.55. The van der Waals surface area contributed by atoms with Gasteiger partial charge in [0.25, 0.3) is 5.91 Å². The van der Waals surface area contributed by atoms with Crippen LogP contribution in [-0.4, -0.2) is 25.2 Å². The minimum Gasteiger partial charge on any atom is -0.465 e. The summed E-state index contributed by atoms with van der Waals surface area (Å²) in [7, 11) is 1.32. The van der Waals surface area contributed by atoms with Crippen LogP contribution in [0.4, 0.5) is 0 Å². The lowest BCUT2D eigenvalue weighted by Crippen LogP contribution is -2.17. The fraction of sp³-hybridized carbons (Fsp3) is 0.0625. The van der Waals surface area contributed by atoms with Gasteiger partial charge in [0, 0.05) is 5.56 Å². The van der Waals surface area contributed by atoms with Crippen molar-refractivity contribution >= 4 is 41.3 Å². The van der Waals surface area contributed by atoms with Crippen molar-refractivity contribution in [2.75, 3.05) is 7.11 Å². The monoisotopic (exact) mass is 350 g/mol. The van der Waals surface area contributed by atoms with Gasteiger partial charge >= 0.3 is 5.97 Å². The van der Waals surface area contributed by atoms with Crippen LogP contribution in [0.1, 0.15) is 26.3 Å². The Morgan fingerprint density at radius 2 is 1.70 bits per heavy atom. The van der Waals surface area contributed by atoms with E-state index < -0.39 is 11.9 Å². The average molecular weight is 351 g/mol. The Morgan fingerprint density at radius 3 is 2.30 bits per heavy atom. The number of amides is 1. The summed E-state index contributed by atoms with van der Waals surface area (Å²) in [5.74, 6) is -0.826. The molecule has 0 atom stereocenters. The van der Waals surface area contributed by atoms with Gasteiger partial charge in [-0.2, -0.15) is 5.10 Å². The number of halogens is 2. The van der Waals surface area contributed by atoms with Crippen LogP contribution in [0.15, 0.2) is 47.6 Å². The van der Waals surface area contributed by atoms with Crippen molar-refractivity contribution in [1.82, 2.24) is 5.43 Å². The molecular formula is C16H12Cl2N2O3. The number of rotatable bonds is 4. The summed E-state index contributed by atoms with van der Waals surface area (Å²) in [6.07, 6.45) is 1.45. The number of esters is 1. The molecule has 0 aliphatic rings. The maximum absolute atomic E-state index is 11.9. The standard InChI is InChI=1S/C16H12Cl2N2O3/c1-23-16(22)11-4-2-10(3-5-11)9-19-20-15(21)12-6-7-13(17)14(18)8-12/h2-9H,1H3,(H,20,21)/b19-9+. The van der Waals surface area contributed by atoms with Crippen molar-refractivity contribution in [3.05, 3.63) is 69.2 Å². The minimum atomic E-state index is -0.415. The van der Waals surface area contributed by atoms with Crippen LogP contribution in [0.2, 0.25) is 10.0 Å². The van der Waals surface area contributed by atoms with Crippen LogP contribution in [-0.2, 0) is 4.74 Å². The number of ether oxygens (including phenoxy) is 1. The van der Waals surface area contributed by atoms with Crippen LogP contribution >= 0.6 is 23.2 Å². The summed E-state index contributed by atoms with van der Waals surface area (Å²) in [6, 6.07) is 11.1. The van der Waals surface area contributed by atoms with E-state index in [4.69, 9.17) is 23.2 Å². The highest BCUT2D eigenvalue weighted by Gasteiger charge is 2.07. The van der Waals surface area contributed by atoms with Gasteiger partial charge in [-0.3, -0.25) is 4.79 Å². The smallest absolute Gasteiger partial charge is 0.337 e. The van der Waals surface area contributed by atoms with Gasteiger partial charge in [-0.15, -0.1) is 0 Å². The first-order valence-corrected chi connectivity index (χ1v) is 7.23. The van der Waals surface area contributed by atoms with Crippen LogP contribution < -0.4 is 5.43 Å². The van der Waals surface area contributed by atoms with Crippen LogP contribution in [0.5, 0.6) is 0 Å². The Morgan fingerprint density at radius 1 is 1.04 bits per heavy atom. The molecule has 2 aromatic carbocycles. The van der Waals surface area contributed by atoms with Gasteiger partial charge in [0.1, 0.15) is 0 Å². The highest BCUT2D eigenvalue weighted by molar-refractivity contribution is 6.42. The van der Waals surface area contributed by atoms with E-state index in [2.05, 4.69) is 15.3 Å². The highest BCUT2D eigenvalue weighted by Crippen LogP contribution is 2.22. The molecule has 0 aliphatic heterocycles. The van der Waals surface area contributed by atoms with E-state index >= 15 is 0 Å². The lowest BCUT2D eigenvalue weighted by atomic mass is 10.1. The second-order valence-corrected chi connectivity index (χ2v) is 5.26. The maximum atomic E-state index is 11.9. The molecule has 0 aromatic heterocycles. The third-order valence-electron chi connectivity index (χ3n) is 2.89. The minimum absolute atomic E-state index is 0.293. The average Bonchev–Trinajstić information content (AvgIpc) is 2.57. The van der Waals surface area contributed by atoms with Crippen LogP contribution in [0.3, 0.4) is 0 Å². The summed E-state index contributed by atoms with van der Waals surface area (Å²) in [5, 5.41) is 4.51. The van der Waals surface area contributed by atoms with E-state index in [1.165, 1.54) is 25.5 Å². The fourth-order valence-electron chi connectivity index (χ4n) is 1.69.